The third kappa shape index (κ3) is 3.57. The smallest absolute Gasteiger partial charge is 0.162 e. The molecule has 0 amide bonds. The van der Waals surface area contributed by atoms with Gasteiger partial charge in [-0.1, -0.05) is 30.3 Å². The molecule has 126 valence electrons. The van der Waals surface area contributed by atoms with Crippen LogP contribution in [0.1, 0.15) is 0 Å². The van der Waals surface area contributed by atoms with Gasteiger partial charge in [-0.2, -0.15) is 0 Å². The number of nitrogens with zero attached hydrogens (tertiary/aromatic N) is 3. The summed E-state index contributed by atoms with van der Waals surface area (Å²) in [7, 11) is 0. The average Bonchev–Trinajstić information content (AvgIpc) is 2.70. The van der Waals surface area contributed by atoms with Gasteiger partial charge in [-0.3, -0.25) is 4.98 Å². The minimum absolute atomic E-state index is 0.277. The monoisotopic (exact) mass is 342 g/mol. The van der Waals surface area contributed by atoms with E-state index >= 15 is 0 Å². The molecule has 2 aromatic carbocycles. The maximum Gasteiger partial charge on any atom is 0.162 e. The first-order chi connectivity index (χ1) is 12.8. The Labute approximate surface area is 150 Å². The Morgan fingerprint density at radius 2 is 1.46 bits per heavy atom. The molecule has 0 aliphatic rings. The fourth-order valence-corrected chi connectivity index (χ4v) is 2.58. The number of aromatic nitrogens is 3. The summed E-state index contributed by atoms with van der Waals surface area (Å²) in [5.74, 6) is 0.981. The Balaban J connectivity index is 1.80. The molecule has 2 heterocycles. The number of halogens is 1. The van der Waals surface area contributed by atoms with Crippen LogP contribution >= 0.6 is 0 Å². The molecule has 0 radical (unpaired) electrons. The fourth-order valence-electron chi connectivity index (χ4n) is 2.58. The standard InChI is InChI=1S/C21H15FN4/c22-17-8-6-15(7-9-17)19-14-20(24-18-10-12-23-13-11-18)26-21(25-19)16-4-2-1-3-5-16/h1-14H,(H,23,24,25,26). The van der Waals surface area contributed by atoms with Gasteiger partial charge < -0.3 is 5.32 Å². The summed E-state index contributed by atoms with van der Waals surface area (Å²) in [5, 5.41) is 3.27. The van der Waals surface area contributed by atoms with Gasteiger partial charge in [0, 0.05) is 35.3 Å². The molecule has 0 saturated heterocycles. The summed E-state index contributed by atoms with van der Waals surface area (Å²) in [6, 6.07) is 21.6. The van der Waals surface area contributed by atoms with E-state index in [0.717, 1.165) is 22.5 Å². The predicted octanol–water partition coefficient (Wildman–Crippen LogP) is 5.09. The Morgan fingerprint density at radius 1 is 0.731 bits per heavy atom. The lowest BCUT2D eigenvalue weighted by Gasteiger charge is -2.10. The van der Waals surface area contributed by atoms with Gasteiger partial charge >= 0.3 is 0 Å². The third-order valence-corrected chi connectivity index (χ3v) is 3.85. The maximum atomic E-state index is 13.3. The fraction of sp³-hybridized carbons (Fsp3) is 0. The molecule has 2 aromatic heterocycles. The van der Waals surface area contributed by atoms with Crippen LogP contribution in [0.15, 0.2) is 85.2 Å². The third-order valence-electron chi connectivity index (χ3n) is 3.85. The first-order valence-electron chi connectivity index (χ1n) is 8.15. The molecule has 0 saturated carbocycles. The number of hydrogen-bond donors (Lipinski definition) is 1. The Morgan fingerprint density at radius 3 is 2.19 bits per heavy atom. The molecule has 0 aliphatic carbocycles. The Bertz CT molecular complexity index is 1000. The molecule has 0 atom stereocenters. The second-order valence-electron chi connectivity index (χ2n) is 5.70. The van der Waals surface area contributed by atoms with Crippen molar-refractivity contribution in [2.24, 2.45) is 0 Å². The minimum Gasteiger partial charge on any atom is -0.340 e. The highest BCUT2D eigenvalue weighted by molar-refractivity contribution is 5.69. The van der Waals surface area contributed by atoms with Crippen LogP contribution in [0.3, 0.4) is 0 Å². The van der Waals surface area contributed by atoms with Crippen molar-refractivity contribution in [2.45, 2.75) is 0 Å². The normalized spacial score (nSPS) is 10.5. The second-order valence-corrected chi connectivity index (χ2v) is 5.70. The number of rotatable bonds is 4. The first kappa shape index (κ1) is 15.9. The minimum atomic E-state index is -0.277. The van der Waals surface area contributed by atoms with Gasteiger partial charge in [-0.25, -0.2) is 14.4 Å². The molecule has 4 aromatic rings. The first-order valence-corrected chi connectivity index (χ1v) is 8.15. The number of pyridine rings is 1. The van der Waals surface area contributed by atoms with E-state index in [1.807, 2.05) is 48.5 Å². The number of anilines is 2. The van der Waals surface area contributed by atoms with Crippen molar-refractivity contribution in [2.75, 3.05) is 5.32 Å². The number of benzene rings is 2. The summed E-state index contributed by atoms with van der Waals surface area (Å²) in [5.41, 5.74) is 3.33. The summed E-state index contributed by atoms with van der Waals surface area (Å²) in [6.45, 7) is 0. The van der Waals surface area contributed by atoms with Crippen molar-refractivity contribution in [3.05, 3.63) is 91.0 Å². The lowest BCUT2D eigenvalue weighted by Crippen LogP contribution is -1.99. The molecule has 1 N–H and O–H groups in total. The van der Waals surface area contributed by atoms with Crippen LogP contribution in [0.25, 0.3) is 22.6 Å². The van der Waals surface area contributed by atoms with Crippen molar-refractivity contribution in [3.8, 4) is 22.6 Å². The van der Waals surface area contributed by atoms with Gasteiger partial charge in [0.05, 0.1) is 5.69 Å². The van der Waals surface area contributed by atoms with Crippen LogP contribution in [-0.4, -0.2) is 15.0 Å². The molecule has 5 heteroatoms. The Kier molecular flexibility index (Phi) is 4.35. The lowest BCUT2D eigenvalue weighted by molar-refractivity contribution is 0.628. The quantitative estimate of drug-likeness (QED) is 0.561. The molecule has 26 heavy (non-hydrogen) atoms. The largest absolute Gasteiger partial charge is 0.340 e. The molecule has 4 rings (SSSR count). The highest BCUT2D eigenvalue weighted by atomic mass is 19.1. The molecule has 0 spiro atoms. The van der Waals surface area contributed by atoms with Crippen LogP contribution in [-0.2, 0) is 0 Å². The molecule has 0 fully saturated rings. The SMILES string of the molecule is Fc1ccc(-c2cc(Nc3ccncc3)nc(-c3ccccc3)n2)cc1. The summed E-state index contributed by atoms with van der Waals surface area (Å²) in [6.07, 6.45) is 3.42. The summed E-state index contributed by atoms with van der Waals surface area (Å²) in [4.78, 5) is 13.3. The number of nitrogens with one attached hydrogen (secondary N) is 1. The van der Waals surface area contributed by atoms with Gasteiger partial charge in [-0.05, 0) is 36.4 Å². The molecule has 0 aliphatic heterocycles. The van der Waals surface area contributed by atoms with Crippen molar-refractivity contribution in [1.82, 2.24) is 15.0 Å². The molecule has 0 bridgehead atoms. The van der Waals surface area contributed by atoms with Gasteiger partial charge in [0.2, 0.25) is 0 Å². The van der Waals surface area contributed by atoms with Gasteiger partial charge in [0.1, 0.15) is 11.6 Å². The molecular weight excluding hydrogens is 327 g/mol. The van der Waals surface area contributed by atoms with Crippen molar-refractivity contribution < 1.29 is 4.39 Å². The number of hydrogen-bond acceptors (Lipinski definition) is 4. The van der Waals surface area contributed by atoms with E-state index in [4.69, 9.17) is 0 Å². The van der Waals surface area contributed by atoms with Gasteiger partial charge in [0.25, 0.3) is 0 Å². The predicted molar refractivity (Wildman–Crippen MR) is 100 cm³/mol. The van der Waals surface area contributed by atoms with Gasteiger partial charge in [0.15, 0.2) is 5.82 Å². The average molecular weight is 342 g/mol. The summed E-state index contributed by atoms with van der Waals surface area (Å²) >= 11 is 0. The van der Waals surface area contributed by atoms with E-state index in [1.54, 1.807) is 24.5 Å². The lowest BCUT2D eigenvalue weighted by atomic mass is 10.1. The highest BCUT2D eigenvalue weighted by Crippen LogP contribution is 2.26. The van der Waals surface area contributed by atoms with E-state index in [2.05, 4.69) is 20.3 Å². The maximum absolute atomic E-state index is 13.3. The molecular formula is C21H15FN4. The second kappa shape index (κ2) is 7.11. The highest BCUT2D eigenvalue weighted by Gasteiger charge is 2.09. The zero-order valence-electron chi connectivity index (χ0n) is 13.8. The van der Waals surface area contributed by atoms with E-state index in [9.17, 15) is 4.39 Å². The van der Waals surface area contributed by atoms with Crippen molar-refractivity contribution in [3.63, 3.8) is 0 Å². The zero-order valence-corrected chi connectivity index (χ0v) is 13.8. The van der Waals surface area contributed by atoms with Gasteiger partial charge in [-0.15, -0.1) is 0 Å². The van der Waals surface area contributed by atoms with E-state index in [0.29, 0.717) is 11.6 Å². The van der Waals surface area contributed by atoms with E-state index in [1.165, 1.54) is 12.1 Å². The summed E-state index contributed by atoms with van der Waals surface area (Å²) < 4.78 is 13.3. The molecule has 4 nitrogen and oxygen atoms in total. The van der Waals surface area contributed by atoms with Crippen molar-refractivity contribution in [1.29, 1.82) is 0 Å². The van der Waals surface area contributed by atoms with Crippen LogP contribution in [0.4, 0.5) is 15.9 Å². The van der Waals surface area contributed by atoms with Crippen LogP contribution in [0.5, 0.6) is 0 Å². The topological polar surface area (TPSA) is 50.7 Å². The van der Waals surface area contributed by atoms with E-state index in [-0.39, 0.29) is 5.82 Å². The zero-order chi connectivity index (χ0) is 17.8. The molecule has 0 unspecified atom stereocenters. The van der Waals surface area contributed by atoms with Crippen LogP contribution in [0, 0.1) is 5.82 Å². The van der Waals surface area contributed by atoms with Crippen LogP contribution in [0.2, 0.25) is 0 Å². The van der Waals surface area contributed by atoms with E-state index < -0.39 is 0 Å². The van der Waals surface area contributed by atoms with Crippen LogP contribution < -0.4 is 5.32 Å². The Hall–Kier alpha value is -3.60. The van der Waals surface area contributed by atoms with Crippen molar-refractivity contribution >= 4 is 11.5 Å².